The average molecular weight is 355 g/mol. The van der Waals surface area contributed by atoms with Crippen LogP contribution in [0.3, 0.4) is 0 Å². The van der Waals surface area contributed by atoms with Gasteiger partial charge in [0.25, 0.3) is 0 Å². The molecule has 6 nitrogen and oxygen atoms in total. The molecule has 3 rings (SSSR count). The molecule has 6 heteroatoms. The topological polar surface area (TPSA) is 77.9 Å². The number of nitrogens with zero attached hydrogens (tertiary/aromatic N) is 2. The summed E-state index contributed by atoms with van der Waals surface area (Å²) in [5.41, 5.74) is 1.74. The SMILES string of the molecule is Cc1[nH]c2c(c1OC(=O)C(C)(C)C)C(O)N(CCc1ccccc1)C=N2. The Morgan fingerprint density at radius 1 is 1.31 bits per heavy atom. The second-order valence-corrected chi connectivity index (χ2v) is 7.57. The van der Waals surface area contributed by atoms with Gasteiger partial charge in [-0.3, -0.25) is 4.79 Å². The molecule has 0 spiro atoms. The number of aromatic amines is 1. The van der Waals surface area contributed by atoms with Crippen molar-refractivity contribution >= 4 is 18.1 Å². The fraction of sp³-hybridized carbons (Fsp3) is 0.400. The number of ether oxygens (including phenoxy) is 1. The fourth-order valence-electron chi connectivity index (χ4n) is 2.77. The maximum absolute atomic E-state index is 12.3. The van der Waals surface area contributed by atoms with Crippen LogP contribution >= 0.6 is 0 Å². The van der Waals surface area contributed by atoms with Crippen LogP contribution in [0.4, 0.5) is 5.82 Å². The lowest BCUT2D eigenvalue weighted by Gasteiger charge is -2.29. The zero-order valence-electron chi connectivity index (χ0n) is 15.6. The number of hydrogen-bond donors (Lipinski definition) is 2. The number of rotatable bonds is 4. The van der Waals surface area contributed by atoms with Crippen LogP contribution in [-0.2, 0) is 11.2 Å². The molecule has 2 heterocycles. The highest BCUT2D eigenvalue weighted by Gasteiger charge is 2.33. The standard InChI is InChI=1S/C20H25N3O3/c1-13-16(26-19(25)20(2,3)4)15-17(22-13)21-12-23(18(15)24)11-10-14-8-6-5-7-9-14/h5-9,12,18,22,24H,10-11H2,1-4H3. The molecule has 0 saturated heterocycles. The van der Waals surface area contributed by atoms with Crippen LogP contribution in [0.1, 0.15) is 43.8 Å². The largest absolute Gasteiger partial charge is 0.424 e. The minimum Gasteiger partial charge on any atom is -0.424 e. The van der Waals surface area contributed by atoms with Crippen LogP contribution in [0.15, 0.2) is 35.3 Å². The average Bonchev–Trinajstić information content (AvgIpc) is 2.91. The Labute approximate surface area is 153 Å². The lowest BCUT2D eigenvalue weighted by molar-refractivity contribution is -0.143. The number of carbonyl (C=O) groups is 1. The molecule has 0 fully saturated rings. The Morgan fingerprint density at radius 2 is 2.00 bits per heavy atom. The van der Waals surface area contributed by atoms with Gasteiger partial charge in [0.1, 0.15) is 5.82 Å². The van der Waals surface area contributed by atoms with E-state index in [1.165, 1.54) is 5.56 Å². The van der Waals surface area contributed by atoms with E-state index in [1.807, 2.05) is 18.2 Å². The van der Waals surface area contributed by atoms with E-state index < -0.39 is 11.6 Å². The van der Waals surface area contributed by atoms with E-state index in [0.717, 1.165) is 6.42 Å². The number of aryl methyl sites for hydroxylation is 1. The first-order valence-electron chi connectivity index (χ1n) is 8.74. The molecular formula is C20H25N3O3. The zero-order chi connectivity index (χ0) is 18.9. The third-order valence-corrected chi connectivity index (χ3v) is 4.36. The number of benzene rings is 1. The molecule has 0 saturated carbocycles. The number of aliphatic imine (C=N–C) groups is 1. The van der Waals surface area contributed by atoms with Crippen molar-refractivity contribution in [3.05, 3.63) is 47.2 Å². The maximum atomic E-state index is 12.3. The third-order valence-electron chi connectivity index (χ3n) is 4.36. The van der Waals surface area contributed by atoms with Gasteiger partial charge in [-0.25, -0.2) is 4.99 Å². The molecule has 0 amide bonds. The van der Waals surface area contributed by atoms with Crippen molar-refractivity contribution in [2.75, 3.05) is 6.54 Å². The molecule has 0 radical (unpaired) electrons. The van der Waals surface area contributed by atoms with Crippen LogP contribution in [0, 0.1) is 12.3 Å². The van der Waals surface area contributed by atoms with E-state index in [2.05, 4.69) is 22.1 Å². The van der Waals surface area contributed by atoms with Crippen LogP contribution in [-0.4, -0.2) is 33.8 Å². The number of fused-ring (bicyclic) bond motifs is 1. The molecule has 2 N–H and O–H groups in total. The number of aliphatic hydroxyl groups is 1. The van der Waals surface area contributed by atoms with Gasteiger partial charge in [-0.05, 0) is 39.7 Å². The summed E-state index contributed by atoms with van der Waals surface area (Å²) in [5, 5.41) is 10.8. The van der Waals surface area contributed by atoms with Crippen molar-refractivity contribution in [3.8, 4) is 5.75 Å². The Kier molecular flexibility index (Phi) is 4.87. The molecule has 0 bridgehead atoms. The van der Waals surface area contributed by atoms with Crippen molar-refractivity contribution < 1.29 is 14.6 Å². The van der Waals surface area contributed by atoms with Crippen molar-refractivity contribution in [2.24, 2.45) is 10.4 Å². The van der Waals surface area contributed by atoms with Gasteiger partial charge >= 0.3 is 5.97 Å². The summed E-state index contributed by atoms with van der Waals surface area (Å²) in [6, 6.07) is 10.1. The van der Waals surface area contributed by atoms with E-state index >= 15 is 0 Å². The van der Waals surface area contributed by atoms with Gasteiger partial charge in [0.2, 0.25) is 0 Å². The Hall–Kier alpha value is -2.60. The molecule has 2 aromatic rings. The first-order valence-corrected chi connectivity index (χ1v) is 8.74. The lowest BCUT2D eigenvalue weighted by Crippen LogP contribution is -2.32. The van der Waals surface area contributed by atoms with E-state index in [-0.39, 0.29) is 5.97 Å². The monoisotopic (exact) mass is 355 g/mol. The number of esters is 1. The molecule has 138 valence electrons. The molecule has 1 aliphatic rings. The molecule has 1 aromatic heterocycles. The smallest absolute Gasteiger partial charge is 0.316 e. The van der Waals surface area contributed by atoms with Gasteiger partial charge < -0.3 is 19.7 Å². The van der Waals surface area contributed by atoms with Gasteiger partial charge in [-0.15, -0.1) is 0 Å². The third kappa shape index (κ3) is 3.65. The summed E-state index contributed by atoms with van der Waals surface area (Å²) in [6.45, 7) is 7.80. The Morgan fingerprint density at radius 3 is 2.65 bits per heavy atom. The maximum Gasteiger partial charge on any atom is 0.316 e. The van der Waals surface area contributed by atoms with Gasteiger partial charge in [-0.2, -0.15) is 0 Å². The number of aromatic nitrogens is 1. The van der Waals surface area contributed by atoms with Gasteiger partial charge in [0, 0.05) is 6.54 Å². The van der Waals surface area contributed by atoms with Gasteiger partial charge in [0.05, 0.1) is 23.0 Å². The number of hydrogen-bond acceptors (Lipinski definition) is 5. The fourth-order valence-corrected chi connectivity index (χ4v) is 2.77. The number of H-pyrrole nitrogens is 1. The first-order chi connectivity index (χ1) is 12.3. The molecule has 1 aliphatic heterocycles. The number of nitrogens with one attached hydrogen (secondary N) is 1. The molecule has 1 aromatic carbocycles. The predicted octanol–water partition coefficient (Wildman–Crippen LogP) is 3.48. The van der Waals surface area contributed by atoms with Crippen LogP contribution < -0.4 is 4.74 Å². The van der Waals surface area contributed by atoms with Crippen molar-refractivity contribution in [1.29, 1.82) is 0 Å². The zero-order valence-corrected chi connectivity index (χ0v) is 15.6. The highest BCUT2D eigenvalue weighted by atomic mass is 16.5. The summed E-state index contributed by atoms with van der Waals surface area (Å²) in [6.07, 6.45) is 1.49. The minimum atomic E-state index is -0.918. The summed E-state index contributed by atoms with van der Waals surface area (Å²) in [5.74, 6) is 0.552. The normalized spacial score (nSPS) is 16.5. The van der Waals surface area contributed by atoms with Crippen molar-refractivity contribution in [1.82, 2.24) is 9.88 Å². The Bertz CT molecular complexity index is 819. The van der Waals surface area contributed by atoms with Gasteiger partial charge in [-0.1, -0.05) is 30.3 Å². The predicted molar refractivity (Wildman–Crippen MR) is 101 cm³/mol. The van der Waals surface area contributed by atoms with Crippen LogP contribution in [0.2, 0.25) is 0 Å². The molecule has 1 unspecified atom stereocenters. The molecule has 1 atom stereocenters. The molecule has 0 aliphatic carbocycles. The summed E-state index contributed by atoms with van der Waals surface area (Å²) in [7, 11) is 0. The first kappa shape index (κ1) is 18.2. The van der Waals surface area contributed by atoms with Crippen molar-refractivity contribution in [3.63, 3.8) is 0 Å². The summed E-state index contributed by atoms with van der Waals surface area (Å²) < 4.78 is 5.60. The molecule has 26 heavy (non-hydrogen) atoms. The van der Waals surface area contributed by atoms with Crippen molar-refractivity contribution in [2.45, 2.75) is 40.3 Å². The number of carbonyl (C=O) groups excluding carboxylic acids is 1. The van der Waals surface area contributed by atoms with E-state index in [1.54, 1.807) is 38.9 Å². The second kappa shape index (κ2) is 6.96. The van der Waals surface area contributed by atoms with Gasteiger partial charge in [0.15, 0.2) is 12.0 Å². The summed E-state index contributed by atoms with van der Waals surface area (Å²) >= 11 is 0. The minimum absolute atomic E-state index is 0.347. The highest BCUT2D eigenvalue weighted by Crippen LogP contribution is 2.41. The van der Waals surface area contributed by atoms with E-state index in [9.17, 15) is 9.90 Å². The van der Waals surface area contributed by atoms with E-state index in [4.69, 9.17) is 4.74 Å². The Balaban J connectivity index is 1.80. The van der Waals surface area contributed by atoms with Crippen LogP contribution in [0.5, 0.6) is 5.75 Å². The number of aliphatic hydroxyl groups excluding tert-OH is 1. The van der Waals surface area contributed by atoms with E-state index in [0.29, 0.717) is 29.4 Å². The molecular weight excluding hydrogens is 330 g/mol. The second-order valence-electron chi connectivity index (χ2n) is 7.57. The summed E-state index contributed by atoms with van der Waals surface area (Å²) in [4.78, 5) is 21.5. The quantitative estimate of drug-likeness (QED) is 0.823. The van der Waals surface area contributed by atoms with Crippen LogP contribution in [0.25, 0.3) is 0 Å². The lowest BCUT2D eigenvalue weighted by atomic mass is 9.97. The highest BCUT2D eigenvalue weighted by molar-refractivity contribution is 5.80.